The fourth-order valence-corrected chi connectivity index (χ4v) is 2.47. The maximum Gasteiger partial charge on any atom is 0.306 e. The Morgan fingerprint density at radius 2 is 2.00 bits per heavy atom. The minimum absolute atomic E-state index is 0.00458. The fraction of sp³-hybridized carbons (Fsp3) is 0.923. The molecule has 88 valence electrons. The summed E-state index contributed by atoms with van der Waals surface area (Å²) in [4.78, 5) is 11.5. The third-order valence-electron chi connectivity index (χ3n) is 3.35. The van der Waals surface area contributed by atoms with Gasteiger partial charge in [-0.2, -0.15) is 0 Å². The van der Waals surface area contributed by atoms with E-state index in [2.05, 4.69) is 13.8 Å². The van der Waals surface area contributed by atoms with Crippen LogP contribution in [0.1, 0.15) is 59.3 Å². The van der Waals surface area contributed by atoms with Crippen molar-refractivity contribution in [3.63, 3.8) is 0 Å². The highest BCUT2D eigenvalue weighted by molar-refractivity contribution is 5.69. The van der Waals surface area contributed by atoms with Crippen molar-refractivity contribution in [1.29, 1.82) is 0 Å². The molecule has 2 unspecified atom stereocenters. The van der Waals surface area contributed by atoms with Crippen LogP contribution in [0.2, 0.25) is 0 Å². The molecule has 0 aromatic carbocycles. The lowest BCUT2D eigenvalue weighted by atomic mass is 9.79. The van der Waals surface area contributed by atoms with E-state index in [1.165, 1.54) is 19.3 Å². The molecule has 2 atom stereocenters. The number of esters is 1. The summed E-state index contributed by atoms with van der Waals surface area (Å²) in [5, 5.41) is 0. The van der Waals surface area contributed by atoms with E-state index < -0.39 is 0 Å². The zero-order valence-electron chi connectivity index (χ0n) is 10.3. The Morgan fingerprint density at radius 1 is 1.33 bits per heavy atom. The Hall–Kier alpha value is -0.530. The summed E-state index contributed by atoms with van der Waals surface area (Å²) < 4.78 is 5.57. The van der Waals surface area contributed by atoms with E-state index >= 15 is 0 Å². The fourth-order valence-electron chi connectivity index (χ4n) is 2.47. The molecular formula is C13H24O2. The first-order valence-electron chi connectivity index (χ1n) is 6.34. The van der Waals surface area contributed by atoms with Crippen LogP contribution in [0.4, 0.5) is 0 Å². The zero-order chi connectivity index (χ0) is 11.3. The maximum absolute atomic E-state index is 11.5. The number of hydrogen-bond donors (Lipinski definition) is 0. The van der Waals surface area contributed by atoms with Crippen LogP contribution in [0.25, 0.3) is 0 Å². The molecule has 2 heteroatoms. The molecule has 0 heterocycles. The van der Waals surface area contributed by atoms with Crippen LogP contribution in [0.15, 0.2) is 0 Å². The molecule has 2 nitrogen and oxygen atoms in total. The van der Waals surface area contributed by atoms with Crippen LogP contribution >= 0.6 is 0 Å². The first-order valence-corrected chi connectivity index (χ1v) is 6.34. The summed E-state index contributed by atoms with van der Waals surface area (Å²) in [7, 11) is 0. The third kappa shape index (κ3) is 3.84. The molecule has 1 saturated carbocycles. The molecule has 0 amide bonds. The number of ether oxygens (including phenoxy) is 1. The van der Waals surface area contributed by atoms with E-state index in [9.17, 15) is 4.79 Å². The summed E-state index contributed by atoms with van der Waals surface area (Å²) in [5.41, 5.74) is 0. The molecule has 1 rings (SSSR count). The van der Waals surface area contributed by atoms with E-state index in [1.807, 2.05) is 6.92 Å². The lowest BCUT2D eigenvalue weighted by Crippen LogP contribution is -2.33. The summed E-state index contributed by atoms with van der Waals surface area (Å²) in [6.07, 6.45) is 6.45. The number of carbonyl (C=O) groups excluding carboxylic acids is 1. The lowest BCUT2D eigenvalue weighted by molar-refractivity contribution is -0.154. The summed E-state index contributed by atoms with van der Waals surface area (Å²) in [6, 6.07) is 0. The Balaban J connectivity index is 2.45. The maximum atomic E-state index is 11.5. The minimum atomic E-state index is -0.00458. The molecule has 15 heavy (non-hydrogen) atoms. The van der Waals surface area contributed by atoms with Crippen LogP contribution in [-0.4, -0.2) is 12.1 Å². The molecule has 0 aromatic heterocycles. The normalized spacial score (nSPS) is 26.7. The van der Waals surface area contributed by atoms with Gasteiger partial charge in [0.25, 0.3) is 0 Å². The molecule has 0 spiro atoms. The molecule has 1 aliphatic carbocycles. The Bertz CT molecular complexity index is 199. The first kappa shape index (κ1) is 12.5. The van der Waals surface area contributed by atoms with Crippen LogP contribution in [0.3, 0.4) is 0 Å². The Kier molecular flexibility index (Phi) is 5.13. The highest BCUT2D eigenvalue weighted by atomic mass is 16.5. The van der Waals surface area contributed by atoms with Gasteiger partial charge in [0.2, 0.25) is 0 Å². The first-order chi connectivity index (χ1) is 7.15. The van der Waals surface area contributed by atoms with Crippen molar-refractivity contribution in [2.24, 2.45) is 11.8 Å². The second kappa shape index (κ2) is 6.14. The molecule has 1 aliphatic rings. The molecule has 1 fully saturated rings. The third-order valence-corrected chi connectivity index (χ3v) is 3.35. The second-order valence-corrected chi connectivity index (χ2v) is 4.97. The SMILES string of the molecule is CCCC(=O)OC1CCCCC1C(C)C. The second-order valence-electron chi connectivity index (χ2n) is 4.97. The van der Waals surface area contributed by atoms with Gasteiger partial charge in [-0.15, -0.1) is 0 Å². The zero-order valence-corrected chi connectivity index (χ0v) is 10.3. The number of hydrogen-bond acceptors (Lipinski definition) is 2. The van der Waals surface area contributed by atoms with Crippen LogP contribution in [-0.2, 0) is 9.53 Å². The van der Waals surface area contributed by atoms with Crippen molar-refractivity contribution in [2.75, 3.05) is 0 Å². The van der Waals surface area contributed by atoms with Gasteiger partial charge in [0.1, 0.15) is 6.10 Å². The minimum Gasteiger partial charge on any atom is -0.462 e. The monoisotopic (exact) mass is 212 g/mol. The van der Waals surface area contributed by atoms with Crippen molar-refractivity contribution in [2.45, 2.75) is 65.4 Å². The van der Waals surface area contributed by atoms with Gasteiger partial charge in [-0.05, 0) is 37.5 Å². The highest BCUT2D eigenvalue weighted by Gasteiger charge is 2.30. The molecule has 0 saturated heterocycles. The van der Waals surface area contributed by atoms with E-state index in [-0.39, 0.29) is 12.1 Å². The van der Waals surface area contributed by atoms with Gasteiger partial charge >= 0.3 is 5.97 Å². The molecular weight excluding hydrogens is 188 g/mol. The van der Waals surface area contributed by atoms with E-state index in [0.29, 0.717) is 18.3 Å². The summed E-state index contributed by atoms with van der Waals surface area (Å²) in [6.45, 7) is 6.48. The van der Waals surface area contributed by atoms with Crippen molar-refractivity contribution in [3.8, 4) is 0 Å². The van der Waals surface area contributed by atoms with Gasteiger partial charge in [0, 0.05) is 6.42 Å². The molecule has 0 aliphatic heterocycles. The van der Waals surface area contributed by atoms with Gasteiger partial charge in [0.05, 0.1) is 0 Å². The average molecular weight is 212 g/mol. The van der Waals surface area contributed by atoms with Crippen molar-refractivity contribution in [1.82, 2.24) is 0 Å². The Labute approximate surface area is 93.4 Å². The van der Waals surface area contributed by atoms with Gasteiger partial charge in [-0.25, -0.2) is 0 Å². The van der Waals surface area contributed by atoms with Crippen molar-refractivity contribution < 1.29 is 9.53 Å². The summed E-state index contributed by atoms with van der Waals surface area (Å²) >= 11 is 0. The van der Waals surface area contributed by atoms with Gasteiger partial charge in [-0.1, -0.05) is 27.2 Å². The van der Waals surface area contributed by atoms with Crippen LogP contribution in [0.5, 0.6) is 0 Å². The predicted molar refractivity (Wildman–Crippen MR) is 61.6 cm³/mol. The van der Waals surface area contributed by atoms with Gasteiger partial charge < -0.3 is 4.74 Å². The van der Waals surface area contributed by atoms with Crippen LogP contribution in [0, 0.1) is 11.8 Å². The standard InChI is InChI=1S/C13H24O2/c1-4-7-13(14)15-12-9-6-5-8-11(12)10(2)3/h10-12H,4-9H2,1-3H3. The molecule has 0 N–H and O–H groups in total. The lowest BCUT2D eigenvalue weighted by Gasteiger charge is -2.33. The number of rotatable bonds is 4. The van der Waals surface area contributed by atoms with Gasteiger partial charge in [0.15, 0.2) is 0 Å². The summed E-state index contributed by atoms with van der Waals surface area (Å²) in [5.74, 6) is 1.21. The smallest absolute Gasteiger partial charge is 0.306 e. The molecule has 0 aromatic rings. The van der Waals surface area contributed by atoms with Crippen molar-refractivity contribution in [3.05, 3.63) is 0 Å². The molecule has 0 radical (unpaired) electrons. The van der Waals surface area contributed by atoms with E-state index in [0.717, 1.165) is 12.8 Å². The van der Waals surface area contributed by atoms with Gasteiger partial charge in [-0.3, -0.25) is 4.79 Å². The van der Waals surface area contributed by atoms with Crippen LogP contribution < -0.4 is 0 Å². The van der Waals surface area contributed by atoms with E-state index in [1.54, 1.807) is 0 Å². The van der Waals surface area contributed by atoms with E-state index in [4.69, 9.17) is 4.74 Å². The largest absolute Gasteiger partial charge is 0.462 e. The topological polar surface area (TPSA) is 26.3 Å². The quantitative estimate of drug-likeness (QED) is 0.666. The number of carbonyl (C=O) groups is 1. The average Bonchev–Trinajstić information content (AvgIpc) is 2.18. The molecule has 0 bridgehead atoms. The highest BCUT2D eigenvalue weighted by Crippen LogP contribution is 2.32. The Morgan fingerprint density at radius 3 is 2.60 bits per heavy atom. The predicted octanol–water partition coefficient (Wildman–Crippen LogP) is 3.54. The van der Waals surface area contributed by atoms with Crippen molar-refractivity contribution >= 4 is 5.97 Å².